The maximum Gasteiger partial charge on any atom is 0.272 e. The zero-order chi connectivity index (χ0) is 10.7. The minimum Gasteiger partial charge on any atom is -0.326 e. The zero-order valence-corrected chi connectivity index (χ0v) is 7.99. The largest absolute Gasteiger partial charge is 0.326 e. The summed E-state index contributed by atoms with van der Waals surface area (Å²) >= 11 is 0. The van der Waals surface area contributed by atoms with Crippen molar-refractivity contribution in [2.45, 2.75) is 6.92 Å². The Morgan fingerprint density at radius 3 is 2.79 bits per heavy atom. The molecule has 0 saturated carbocycles. The maximum absolute atomic E-state index is 10.6. The lowest BCUT2D eigenvalue weighted by Gasteiger charge is -2.03. The predicted octanol–water partition coefficient (Wildman–Crippen LogP) is 1.88. The summed E-state index contributed by atoms with van der Waals surface area (Å²) in [5, 5.41) is 10.6. The summed E-state index contributed by atoms with van der Waals surface area (Å²) < 4.78 is 0. The molecule has 74 valence electrons. The zero-order valence-electron chi connectivity index (χ0n) is 7.99. The fourth-order valence-corrected chi connectivity index (χ4v) is 1.14. The van der Waals surface area contributed by atoms with E-state index in [9.17, 15) is 10.1 Å². The van der Waals surface area contributed by atoms with Gasteiger partial charge in [-0.2, -0.15) is 0 Å². The summed E-state index contributed by atoms with van der Waals surface area (Å²) in [7, 11) is 0. The molecule has 4 nitrogen and oxygen atoms in total. The van der Waals surface area contributed by atoms with Crippen molar-refractivity contribution < 1.29 is 4.92 Å². The van der Waals surface area contributed by atoms with Crippen LogP contribution in [0, 0.1) is 17.0 Å². The highest BCUT2D eigenvalue weighted by molar-refractivity contribution is 5.67. The molecular weight excluding hydrogens is 180 g/mol. The summed E-state index contributed by atoms with van der Waals surface area (Å²) in [5.41, 5.74) is 7.58. The van der Waals surface area contributed by atoms with E-state index < -0.39 is 4.92 Å². The van der Waals surface area contributed by atoms with Gasteiger partial charge in [-0.25, -0.2) is 0 Å². The van der Waals surface area contributed by atoms with E-state index in [2.05, 4.69) is 6.58 Å². The van der Waals surface area contributed by atoms with Crippen LogP contribution in [0.4, 0.5) is 5.69 Å². The number of nitro benzene ring substituents is 1. The second kappa shape index (κ2) is 4.02. The average Bonchev–Trinajstić information content (AvgIpc) is 2.17. The molecule has 1 rings (SSSR count). The topological polar surface area (TPSA) is 69.2 Å². The van der Waals surface area contributed by atoms with Gasteiger partial charge >= 0.3 is 0 Å². The van der Waals surface area contributed by atoms with Gasteiger partial charge in [-0.1, -0.05) is 18.7 Å². The Morgan fingerprint density at radius 2 is 2.29 bits per heavy atom. The molecule has 0 fully saturated rings. The molecule has 0 saturated heterocycles. The molecule has 0 radical (unpaired) electrons. The van der Waals surface area contributed by atoms with Crippen LogP contribution in [0.3, 0.4) is 0 Å². The van der Waals surface area contributed by atoms with Gasteiger partial charge in [0, 0.05) is 18.2 Å². The molecule has 0 aromatic heterocycles. The van der Waals surface area contributed by atoms with Gasteiger partial charge in [-0.3, -0.25) is 10.1 Å². The van der Waals surface area contributed by atoms with Crippen LogP contribution in [-0.2, 0) is 0 Å². The van der Waals surface area contributed by atoms with Gasteiger partial charge in [-0.15, -0.1) is 0 Å². The van der Waals surface area contributed by atoms with Crippen molar-refractivity contribution in [1.29, 1.82) is 0 Å². The van der Waals surface area contributed by atoms with Crippen LogP contribution in [0.1, 0.15) is 11.1 Å². The number of nitrogens with two attached hydrogens (primary N) is 1. The second-order valence-electron chi connectivity index (χ2n) is 3.07. The van der Waals surface area contributed by atoms with Crippen molar-refractivity contribution in [3.63, 3.8) is 0 Å². The van der Waals surface area contributed by atoms with Gasteiger partial charge < -0.3 is 5.73 Å². The number of hydrogen-bond acceptors (Lipinski definition) is 3. The molecular formula is C10H12N2O2. The first-order chi connectivity index (χ1) is 6.56. The number of benzene rings is 1. The molecule has 0 heterocycles. The van der Waals surface area contributed by atoms with Crippen molar-refractivity contribution in [2.24, 2.45) is 5.73 Å². The number of nitrogens with zero attached hydrogens (tertiary/aromatic N) is 1. The minimum atomic E-state index is -0.400. The molecule has 2 N–H and O–H groups in total. The van der Waals surface area contributed by atoms with Gasteiger partial charge in [0.15, 0.2) is 0 Å². The first-order valence-corrected chi connectivity index (χ1v) is 4.19. The van der Waals surface area contributed by atoms with Crippen molar-refractivity contribution in [3.05, 3.63) is 46.0 Å². The number of aryl methyl sites for hydroxylation is 1. The third-order valence-corrected chi connectivity index (χ3v) is 2.06. The Balaban J connectivity index is 3.19. The molecule has 0 aliphatic carbocycles. The Morgan fingerprint density at radius 1 is 1.64 bits per heavy atom. The van der Waals surface area contributed by atoms with E-state index in [1.807, 2.05) is 0 Å². The fraction of sp³-hybridized carbons (Fsp3) is 0.200. The van der Waals surface area contributed by atoms with E-state index in [-0.39, 0.29) is 5.69 Å². The lowest BCUT2D eigenvalue weighted by molar-refractivity contribution is -0.385. The molecule has 4 heteroatoms. The van der Waals surface area contributed by atoms with Gasteiger partial charge in [0.1, 0.15) is 0 Å². The Kier molecular flexibility index (Phi) is 2.99. The highest BCUT2D eigenvalue weighted by Crippen LogP contribution is 2.22. The second-order valence-corrected chi connectivity index (χ2v) is 3.07. The molecule has 0 spiro atoms. The first kappa shape index (κ1) is 10.4. The van der Waals surface area contributed by atoms with Crippen LogP contribution in [-0.4, -0.2) is 11.5 Å². The lowest BCUT2D eigenvalue weighted by Crippen LogP contribution is -2.02. The highest BCUT2D eigenvalue weighted by atomic mass is 16.6. The third kappa shape index (κ3) is 1.97. The highest BCUT2D eigenvalue weighted by Gasteiger charge is 2.11. The predicted molar refractivity (Wildman–Crippen MR) is 55.9 cm³/mol. The molecule has 0 amide bonds. The monoisotopic (exact) mass is 192 g/mol. The quantitative estimate of drug-likeness (QED) is 0.587. The Bertz CT molecular complexity index is 386. The first-order valence-electron chi connectivity index (χ1n) is 4.19. The molecule has 0 aliphatic heterocycles. The number of hydrogen-bond donors (Lipinski definition) is 1. The molecule has 0 bridgehead atoms. The van der Waals surface area contributed by atoms with E-state index in [4.69, 9.17) is 5.73 Å². The van der Waals surface area contributed by atoms with Crippen molar-refractivity contribution in [3.8, 4) is 0 Å². The number of rotatable bonds is 3. The van der Waals surface area contributed by atoms with E-state index in [0.717, 1.165) is 5.56 Å². The Labute approximate surface area is 82.2 Å². The van der Waals surface area contributed by atoms with E-state index in [0.29, 0.717) is 17.7 Å². The van der Waals surface area contributed by atoms with Gasteiger partial charge in [-0.05, 0) is 18.1 Å². The van der Waals surface area contributed by atoms with Crippen LogP contribution in [0.5, 0.6) is 0 Å². The molecule has 1 aromatic rings. The van der Waals surface area contributed by atoms with Crippen LogP contribution in [0.25, 0.3) is 5.57 Å². The van der Waals surface area contributed by atoms with Gasteiger partial charge in [0.2, 0.25) is 0 Å². The third-order valence-electron chi connectivity index (χ3n) is 2.06. The molecule has 1 aromatic carbocycles. The van der Waals surface area contributed by atoms with Crippen LogP contribution in [0.2, 0.25) is 0 Å². The fourth-order valence-electron chi connectivity index (χ4n) is 1.14. The van der Waals surface area contributed by atoms with E-state index >= 15 is 0 Å². The van der Waals surface area contributed by atoms with Crippen molar-refractivity contribution in [1.82, 2.24) is 0 Å². The normalized spacial score (nSPS) is 9.86. The smallest absolute Gasteiger partial charge is 0.272 e. The molecule has 0 atom stereocenters. The lowest BCUT2D eigenvalue weighted by atomic mass is 10.0. The van der Waals surface area contributed by atoms with E-state index in [1.54, 1.807) is 19.1 Å². The van der Waals surface area contributed by atoms with Gasteiger partial charge in [0.05, 0.1) is 4.92 Å². The maximum atomic E-state index is 10.6. The summed E-state index contributed by atoms with van der Waals surface area (Å²) in [5.74, 6) is 0. The van der Waals surface area contributed by atoms with Crippen molar-refractivity contribution in [2.75, 3.05) is 6.54 Å². The molecule has 0 aliphatic rings. The summed E-state index contributed by atoms with van der Waals surface area (Å²) in [6.07, 6.45) is 0. The van der Waals surface area contributed by atoms with Crippen LogP contribution in [0.15, 0.2) is 24.8 Å². The number of nitro groups is 1. The standard InChI is InChI=1S/C10H12N2O2/c1-7-3-4-9(8(2)6-11)5-10(7)12(13)14/h3-5H,2,6,11H2,1H3. The molecule has 0 unspecified atom stereocenters. The van der Waals surface area contributed by atoms with Crippen LogP contribution >= 0.6 is 0 Å². The SMILES string of the molecule is C=C(CN)c1ccc(C)c([N+](=O)[O-])c1. The Hall–Kier alpha value is -1.68. The molecule has 14 heavy (non-hydrogen) atoms. The summed E-state index contributed by atoms with van der Waals surface area (Å²) in [4.78, 5) is 10.2. The minimum absolute atomic E-state index is 0.108. The van der Waals surface area contributed by atoms with Crippen LogP contribution < -0.4 is 5.73 Å². The summed E-state index contributed by atoms with van der Waals surface area (Å²) in [6, 6.07) is 5.00. The van der Waals surface area contributed by atoms with Crippen molar-refractivity contribution >= 4 is 11.3 Å². The summed E-state index contributed by atoms with van der Waals surface area (Å²) in [6.45, 7) is 5.73. The average molecular weight is 192 g/mol. The van der Waals surface area contributed by atoms with E-state index in [1.165, 1.54) is 6.07 Å². The van der Waals surface area contributed by atoms with Gasteiger partial charge in [0.25, 0.3) is 5.69 Å².